The Kier molecular flexibility index (Phi) is 7.55. The first-order valence-corrected chi connectivity index (χ1v) is 12.0. The minimum atomic E-state index is -0.0852. The van der Waals surface area contributed by atoms with Crippen LogP contribution in [0.5, 0.6) is 5.75 Å². The summed E-state index contributed by atoms with van der Waals surface area (Å²) in [6.07, 6.45) is 3.48. The van der Waals surface area contributed by atoms with Gasteiger partial charge in [-0.3, -0.25) is 4.79 Å². The number of hydrogen-bond donors (Lipinski definition) is 0. The van der Waals surface area contributed by atoms with Crippen molar-refractivity contribution < 1.29 is 9.26 Å². The second-order valence-electron chi connectivity index (χ2n) is 8.31. The van der Waals surface area contributed by atoms with E-state index in [4.69, 9.17) is 9.26 Å². The van der Waals surface area contributed by atoms with Gasteiger partial charge in [0.1, 0.15) is 5.75 Å². The van der Waals surface area contributed by atoms with Gasteiger partial charge in [-0.2, -0.15) is 0 Å². The lowest BCUT2D eigenvalue weighted by molar-refractivity contribution is 0.203. The largest absolute Gasteiger partial charge is 0.497 e. The molecule has 0 radical (unpaired) electrons. The van der Waals surface area contributed by atoms with Gasteiger partial charge in [-0.1, -0.05) is 11.2 Å². The number of aromatic nitrogens is 3. The molecule has 5 rings (SSSR count). The molecular weight excluding hydrogens is 474 g/mol. The van der Waals surface area contributed by atoms with Gasteiger partial charge in [0, 0.05) is 51.4 Å². The first-order valence-electron chi connectivity index (χ1n) is 11.1. The van der Waals surface area contributed by atoms with Gasteiger partial charge in [-0.15, -0.1) is 23.7 Å². The highest BCUT2D eigenvalue weighted by Gasteiger charge is 2.24. The van der Waals surface area contributed by atoms with Crippen LogP contribution in [0.2, 0.25) is 0 Å². The zero-order valence-corrected chi connectivity index (χ0v) is 20.8. The van der Waals surface area contributed by atoms with E-state index in [2.05, 4.69) is 27.0 Å². The topological polar surface area (TPSA) is 76.6 Å². The van der Waals surface area contributed by atoms with Crippen LogP contribution in [0.4, 0.5) is 5.82 Å². The van der Waals surface area contributed by atoms with E-state index in [1.807, 2.05) is 41.8 Å². The molecule has 0 amide bonds. The third-order valence-corrected chi connectivity index (χ3v) is 7.31. The van der Waals surface area contributed by atoms with E-state index in [9.17, 15) is 4.79 Å². The molecule has 1 aliphatic rings. The summed E-state index contributed by atoms with van der Waals surface area (Å²) in [6.45, 7) is 3.40. The highest BCUT2D eigenvalue weighted by atomic mass is 35.5. The monoisotopic (exact) mass is 501 g/mol. The van der Waals surface area contributed by atoms with E-state index in [1.165, 1.54) is 6.20 Å². The van der Waals surface area contributed by atoms with Crippen LogP contribution in [0.1, 0.15) is 12.8 Å². The number of fused-ring (bicyclic) bond motifs is 1. The molecule has 1 aromatic carbocycles. The molecule has 0 saturated carbocycles. The van der Waals surface area contributed by atoms with E-state index in [0.717, 1.165) is 65.7 Å². The Labute approximate surface area is 208 Å². The number of hydrogen-bond acceptors (Lipinski definition) is 8. The van der Waals surface area contributed by atoms with Crippen molar-refractivity contribution in [2.75, 3.05) is 38.7 Å². The predicted octanol–water partition coefficient (Wildman–Crippen LogP) is 4.14. The van der Waals surface area contributed by atoms with Gasteiger partial charge < -0.3 is 23.6 Å². The molecule has 0 aliphatic carbocycles. The molecular formula is C24H28ClN5O3S. The third-order valence-electron chi connectivity index (χ3n) is 6.42. The number of anilines is 1. The molecule has 180 valence electrons. The number of thiophene rings is 1. The molecule has 0 bridgehead atoms. The lowest BCUT2D eigenvalue weighted by Gasteiger charge is -2.36. The van der Waals surface area contributed by atoms with Crippen molar-refractivity contribution in [3.63, 3.8) is 0 Å². The predicted molar refractivity (Wildman–Crippen MR) is 137 cm³/mol. The second kappa shape index (κ2) is 10.6. The summed E-state index contributed by atoms with van der Waals surface area (Å²) in [5.41, 5.74) is 1.52. The van der Waals surface area contributed by atoms with Crippen LogP contribution in [0.15, 0.2) is 57.3 Å². The SMILES string of the molecule is COc1ccc2ncc(=O)n(CCN3CCC(N(C)c4cc(-c5cccs5)on4)CC3)c2c1.Cl. The van der Waals surface area contributed by atoms with E-state index in [1.54, 1.807) is 23.0 Å². The first-order chi connectivity index (χ1) is 16.1. The van der Waals surface area contributed by atoms with E-state index < -0.39 is 0 Å². The van der Waals surface area contributed by atoms with Crippen LogP contribution in [-0.4, -0.2) is 59.4 Å². The van der Waals surface area contributed by atoms with Gasteiger partial charge in [0.15, 0.2) is 11.6 Å². The Morgan fingerprint density at radius 3 is 2.76 bits per heavy atom. The van der Waals surface area contributed by atoms with Gasteiger partial charge >= 0.3 is 0 Å². The minimum Gasteiger partial charge on any atom is -0.497 e. The summed E-state index contributed by atoms with van der Waals surface area (Å²) in [7, 11) is 3.72. The number of nitrogens with zero attached hydrogens (tertiary/aromatic N) is 5. The summed E-state index contributed by atoms with van der Waals surface area (Å²) in [4.78, 5) is 22.5. The Morgan fingerprint density at radius 1 is 1.21 bits per heavy atom. The normalized spacial score (nSPS) is 14.8. The summed E-state index contributed by atoms with van der Waals surface area (Å²) >= 11 is 1.65. The molecule has 0 N–H and O–H groups in total. The summed E-state index contributed by atoms with van der Waals surface area (Å²) in [5, 5.41) is 6.32. The molecule has 4 aromatic rings. The van der Waals surface area contributed by atoms with Gasteiger partial charge in [-0.05, 0) is 36.4 Å². The average molecular weight is 502 g/mol. The summed E-state index contributed by atoms with van der Waals surface area (Å²) < 4.78 is 12.7. The smallest absolute Gasteiger partial charge is 0.269 e. The summed E-state index contributed by atoms with van der Waals surface area (Å²) in [5.74, 6) is 2.42. The molecule has 1 saturated heterocycles. The van der Waals surface area contributed by atoms with Crippen molar-refractivity contribution in [3.05, 3.63) is 58.3 Å². The minimum absolute atomic E-state index is 0. The van der Waals surface area contributed by atoms with Crippen LogP contribution in [-0.2, 0) is 6.54 Å². The average Bonchev–Trinajstić information content (AvgIpc) is 3.55. The van der Waals surface area contributed by atoms with Crippen LogP contribution >= 0.6 is 23.7 Å². The molecule has 8 nitrogen and oxygen atoms in total. The highest BCUT2D eigenvalue weighted by molar-refractivity contribution is 7.13. The Bertz CT molecular complexity index is 1280. The zero-order chi connectivity index (χ0) is 22.8. The molecule has 0 unspecified atom stereocenters. The number of ether oxygens (including phenoxy) is 1. The third kappa shape index (κ3) is 4.96. The van der Waals surface area contributed by atoms with Crippen LogP contribution < -0.4 is 15.2 Å². The molecule has 1 fully saturated rings. The molecule has 1 aliphatic heterocycles. The summed E-state index contributed by atoms with van der Waals surface area (Å²) in [6, 6.07) is 12.1. The highest BCUT2D eigenvalue weighted by Crippen LogP contribution is 2.29. The van der Waals surface area contributed by atoms with Crippen molar-refractivity contribution >= 4 is 40.6 Å². The molecule has 0 atom stereocenters. The zero-order valence-electron chi connectivity index (χ0n) is 19.2. The quantitative estimate of drug-likeness (QED) is 0.376. The second-order valence-corrected chi connectivity index (χ2v) is 9.26. The van der Waals surface area contributed by atoms with E-state index >= 15 is 0 Å². The molecule has 34 heavy (non-hydrogen) atoms. The number of halogens is 1. The van der Waals surface area contributed by atoms with Crippen LogP contribution in [0.25, 0.3) is 21.7 Å². The van der Waals surface area contributed by atoms with Crippen molar-refractivity contribution in [2.24, 2.45) is 0 Å². The fraction of sp³-hybridized carbons (Fsp3) is 0.375. The van der Waals surface area contributed by atoms with Crippen molar-refractivity contribution in [1.82, 2.24) is 19.6 Å². The Hall–Kier alpha value is -2.88. The van der Waals surface area contributed by atoms with Crippen molar-refractivity contribution in [2.45, 2.75) is 25.4 Å². The molecule has 3 aromatic heterocycles. The molecule has 4 heterocycles. The number of rotatable bonds is 7. The van der Waals surface area contributed by atoms with E-state index in [0.29, 0.717) is 12.6 Å². The fourth-order valence-corrected chi connectivity index (χ4v) is 5.10. The first kappa shape index (κ1) is 24.3. The van der Waals surface area contributed by atoms with Crippen molar-refractivity contribution in [3.8, 4) is 16.4 Å². The van der Waals surface area contributed by atoms with Crippen LogP contribution in [0.3, 0.4) is 0 Å². The Balaban J connectivity index is 0.00000274. The standard InChI is InChI=1S/C24H27N5O3S.ClH/c1-27(23-15-21(32-26-23)22-4-3-13-33-22)17-7-9-28(10-8-17)11-12-29-20-14-18(31-2)5-6-19(20)25-16-24(29)30;/h3-6,13-17H,7-12H2,1-2H3;1H. The lowest BCUT2D eigenvalue weighted by atomic mass is 10.0. The van der Waals surface area contributed by atoms with Crippen LogP contribution in [0, 0.1) is 0 Å². The van der Waals surface area contributed by atoms with Gasteiger partial charge in [0.25, 0.3) is 5.56 Å². The van der Waals surface area contributed by atoms with E-state index in [-0.39, 0.29) is 18.0 Å². The number of benzene rings is 1. The molecule has 10 heteroatoms. The lowest BCUT2D eigenvalue weighted by Crippen LogP contribution is -2.44. The maximum Gasteiger partial charge on any atom is 0.269 e. The number of likely N-dealkylation sites (tertiary alicyclic amines) is 1. The van der Waals surface area contributed by atoms with Gasteiger partial charge in [0.05, 0.1) is 29.2 Å². The fourth-order valence-electron chi connectivity index (χ4n) is 4.43. The Morgan fingerprint density at radius 2 is 2.03 bits per heavy atom. The number of methoxy groups -OCH3 is 1. The number of piperidine rings is 1. The van der Waals surface area contributed by atoms with Crippen molar-refractivity contribution in [1.29, 1.82) is 0 Å². The van der Waals surface area contributed by atoms with Gasteiger partial charge in [0.2, 0.25) is 0 Å². The molecule has 0 spiro atoms. The van der Waals surface area contributed by atoms with Gasteiger partial charge in [-0.25, -0.2) is 4.98 Å². The maximum atomic E-state index is 12.5. The maximum absolute atomic E-state index is 12.5.